The zero-order valence-corrected chi connectivity index (χ0v) is 14.6. The molecule has 0 radical (unpaired) electrons. The van der Waals surface area contributed by atoms with Crippen LogP contribution in [0.15, 0.2) is 47.4 Å². The van der Waals surface area contributed by atoms with Crippen LogP contribution in [0.1, 0.15) is 11.1 Å². The molecule has 8 heteroatoms. The standard InChI is InChI=1S/C19H16F3N3O2/c1-11-5-3-4-6-15(11)23-19-24-18(26)16(27-2)10-25(19)9-12-7-13(20)17(22)14(21)8-12/h3-8,10H,9H2,1-2H3,(H,23,24,26). The molecule has 0 unspecified atom stereocenters. The molecule has 2 aromatic carbocycles. The zero-order valence-electron chi connectivity index (χ0n) is 14.6. The number of methoxy groups -OCH3 is 1. The maximum Gasteiger partial charge on any atom is 0.316 e. The molecule has 0 atom stereocenters. The zero-order chi connectivity index (χ0) is 19.6. The van der Waals surface area contributed by atoms with E-state index in [2.05, 4.69) is 10.3 Å². The van der Waals surface area contributed by atoms with E-state index in [1.165, 1.54) is 17.9 Å². The molecule has 0 saturated heterocycles. The monoisotopic (exact) mass is 375 g/mol. The number of nitrogens with one attached hydrogen (secondary N) is 1. The summed E-state index contributed by atoms with van der Waals surface area (Å²) in [5.74, 6) is -4.00. The largest absolute Gasteiger partial charge is 0.490 e. The van der Waals surface area contributed by atoms with E-state index in [0.29, 0.717) is 5.69 Å². The van der Waals surface area contributed by atoms with Crippen molar-refractivity contribution in [1.29, 1.82) is 0 Å². The highest BCUT2D eigenvalue weighted by Crippen LogP contribution is 2.21. The van der Waals surface area contributed by atoms with Gasteiger partial charge in [-0.15, -0.1) is 0 Å². The summed E-state index contributed by atoms with van der Waals surface area (Å²) >= 11 is 0. The number of halogens is 3. The quantitative estimate of drug-likeness (QED) is 0.690. The fourth-order valence-corrected chi connectivity index (χ4v) is 2.56. The highest BCUT2D eigenvalue weighted by atomic mass is 19.2. The van der Waals surface area contributed by atoms with Gasteiger partial charge >= 0.3 is 5.56 Å². The Morgan fingerprint density at radius 3 is 2.44 bits per heavy atom. The smallest absolute Gasteiger partial charge is 0.316 e. The lowest BCUT2D eigenvalue weighted by Crippen LogP contribution is -2.19. The molecule has 0 spiro atoms. The minimum atomic E-state index is -1.53. The third-order valence-electron chi connectivity index (χ3n) is 3.97. The predicted octanol–water partition coefficient (Wildman–Crippen LogP) is 3.77. The number of aromatic nitrogens is 2. The first-order valence-electron chi connectivity index (χ1n) is 8.00. The van der Waals surface area contributed by atoms with Crippen LogP contribution in [0.5, 0.6) is 5.75 Å². The topological polar surface area (TPSA) is 56.1 Å². The van der Waals surface area contributed by atoms with Gasteiger partial charge in [0.25, 0.3) is 0 Å². The summed E-state index contributed by atoms with van der Waals surface area (Å²) in [6.45, 7) is 1.81. The Morgan fingerprint density at radius 1 is 1.15 bits per heavy atom. The maximum atomic E-state index is 13.5. The third kappa shape index (κ3) is 3.94. The van der Waals surface area contributed by atoms with Crippen molar-refractivity contribution in [2.45, 2.75) is 13.5 Å². The van der Waals surface area contributed by atoms with Gasteiger partial charge in [-0.05, 0) is 36.2 Å². The molecule has 0 bridgehead atoms. The predicted molar refractivity (Wildman–Crippen MR) is 94.9 cm³/mol. The van der Waals surface area contributed by atoms with E-state index in [-0.39, 0.29) is 23.8 Å². The van der Waals surface area contributed by atoms with Crippen molar-refractivity contribution in [2.24, 2.45) is 0 Å². The molecule has 0 aliphatic rings. The van der Waals surface area contributed by atoms with Gasteiger partial charge in [0.1, 0.15) is 0 Å². The van der Waals surface area contributed by atoms with Crippen molar-refractivity contribution >= 4 is 11.6 Å². The number of nitrogens with zero attached hydrogens (tertiary/aromatic N) is 2. The average Bonchev–Trinajstić information content (AvgIpc) is 2.63. The second kappa shape index (κ2) is 7.53. The van der Waals surface area contributed by atoms with Gasteiger partial charge in [-0.25, -0.2) is 13.2 Å². The molecule has 0 saturated carbocycles. The summed E-state index contributed by atoms with van der Waals surface area (Å²) in [7, 11) is 1.31. The fraction of sp³-hybridized carbons (Fsp3) is 0.158. The van der Waals surface area contributed by atoms with Gasteiger partial charge in [0.15, 0.2) is 17.5 Å². The van der Waals surface area contributed by atoms with E-state index in [1.807, 2.05) is 25.1 Å². The van der Waals surface area contributed by atoms with Gasteiger partial charge in [-0.2, -0.15) is 4.98 Å². The van der Waals surface area contributed by atoms with Crippen LogP contribution in [-0.4, -0.2) is 16.7 Å². The molecule has 140 valence electrons. The van der Waals surface area contributed by atoms with Crippen LogP contribution in [0.3, 0.4) is 0 Å². The van der Waals surface area contributed by atoms with E-state index in [0.717, 1.165) is 17.7 Å². The summed E-state index contributed by atoms with van der Waals surface area (Å²) < 4.78 is 46.7. The molecule has 0 amide bonds. The molecule has 1 N–H and O–H groups in total. The number of hydrogen-bond acceptors (Lipinski definition) is 4. The molecule has 5 nitrogen and oxygen atoms in total. The minimum Gasteiger partial charge on any atom is -0.490 e. The molecule has 0 fully saturated rings. The van der Waals surface area contributed by atoms with Crippen LogP contribution < -0.4 is 15.6 Å². The number of aryl methyl sites for hydroxylation is 1. The van der Waals surface area contributed by atoms with E-state index >= 15 is 0 Å². The van der Waals surface area contributed by atoms with Crippen molar-refractivity contribution in [1.82, 2.24) is 9.55 Å². The van der Waals surface area contributed by atoms with Crippen molar-refractivity contribution in [2.75, 3.05) is 12.4 Å². The van der Waals surface area contributed by atoms with Gasteiger partial charge in [-0.1, -0.05) is 18.2 Å². The number of anilines is 2. The maximum absolute atomic E-state index is 13.5. The summed E-state index contributed by atoms with van der Waals surface area (Å²) in [5, 5.41) is 3.03. The SMILES string of the molecule is COc1cn(Cc2cc(F)c(F)c(F)c2)c(Nc2ccccc2C)nc1=O. The van der Waals surface area contributed by atoms with Crippen molar-refractivity contribution in [3.05, 3.63) is 81.5 Å². The number of hydrogen-bond donors (Lipinski definition) is 1. The number of rotatable bonds is 5. The molecule has 0 aliphatic carbocycles. The van der Waals surface area contributed by atoms with Crippen molar-refractivity contribution in [3.63, 3.8) is 0 Å². The summed E-state index contributed by atoms with van der Waals surface area (Å²) in [6, 6.07) is 9.12. The first-order chi connectivity index (χ1) is 12.9. The molecule has 1 aromatic heterocycles. The van der Waals surface area contributed by atoms with Crippen LogP contribution in [0.4, 0.5) is 24.8 Å². The lowest BCUT2D eigenvalue weighted by molar-refractivity contribution is 0.402. The number of para-hydroxylation sites is 1. The van der Waals surface area contributed by atoms with Crippen LogP contribution in [0.2, 0.25) is 0 Å². The number of ether oxygens (including phenoxy) is 1. The lowest BCUT2D eigenvalue weighted by Gasteiger charge is -2.16. The fourth-order valence-electron chi connectivity index (χ4n) is 2.56. The Labute approximate surface area is 153 Å². The molecular weight excluding hydrogens is 359 g/mol. The lowest BCUT2D eigenvalue weighted by atomic mass is 10.2. The van der Waals surface area contributed by atoms with Gasteiger partial charge < -0.3 is 14.6 Å². The molecule has 3 rings (SSSR count). The summed E-state index contributed by atoms with van der Waals surface area (Å²) in [4.78, 5) is 16.0. The van der Waals surface area contributed by atoms with Gasteiger partial charge in [-0.3, -0.25) is 4.79 Å². The normalized spacial score (nSPS) is 10.7. The highest BCUT2D eigenvalue weighted by Gasteiger charge is 2.14. The van der Waals surface area contributed by atoms with Gasteiger partial charge in [0.2, 0.25) is 11.7 Å². The Morgan fingerprint density at radius 2 is 1.81 bits per heavy atom. The first kappa shape index (κ1) is 18.5. The van der Waals surface area contributed by atoms with Crippen LogP contribution in [-0.2, 0) is 6.54 Å². The Kier molecular flexibility index (Phi) is 5.16. The summed E-state index contributed by atoms with van der Waals surface area (Å²) in [6.07, 6.45) is 1.37. The Hall–Kier alpha value is -3.29. The van der Waals surface area contributed by atoms with Crippen LogP contribution >= 0.6 is 0 Å². The first-order valence-corrected chi connectivity index (χ1v) is 8.00. The second-order valence-corrected chi connectivity index (χ2v) is 5.88. The second-order valence-electron chi connectivity index (χ2n) is 5.88. The Balaban J connectivity index is 2.05. The number of benzene rings is 2. The van der Waals surface area contributed by atoms with Crippen LogP contribution in [0.25, 0.3) is 0 Å². The van der Waals surface area contributed by atoms with E-state index in [1.54, 1.807) is 6.07 Å². The molecular formula is C19H16F3N3O2. The van der Waals surface area contributed by atoms with E-state index in [9.17, 15) is 18.0 Å². The molecule has 0 aliphatic heterocycles. The van der Waals surface area contributed by atoms with Crippen molar-refractivity contribution in [3.8, 4) is 5.75 Å². The van der Waals surface area contributed by atoms with Crippen molar-refractivity contribution < 1.29 is 17.9 Å². The minimum absolute atomic E-state index is 0.0339. The molecule has 3 aromatic rings. The molecule has 27 heavy (non-hydrogen) atoms. The summed E-state index contributed by atoms with van der Waals surface area (Å²) in [5.41, 5.74) is 1.18. The third-order valence-corrected chi connectivity index (χ3v) is 3.97. The highest BCUT2D eigenvalue weighted by molar-refractivity contribution is 5.58. The van der Waals surface area contributed by atoms with Gasteiger partial charge in [0.05, 0.1) is 19.9 Å². The van der Waals surface area contributed by atoms with E-state index in [4.69, 9.17) is 4.74 Å². The Bertz CT molecular complexity index is 1030. The molecule has 1 heterocycles. The average molecular weight is 375 g/mol. The van der Waals surface area contributed by atoms with E-state index < -0.39 is 23.0 Å². The van der Waals surface area contributed by atoms with Gasteiger partial charge in [0, 0.05) is 5.69 Å². The van der Waals surface area contributed by atoms with Crippen LogP contribution in [0, 0.1) is 24.4 Å².